The molecule has 0 saturated heterocycles. The normalized spacial score (nSPS) is 44.1. The third-order valence-electron chi connectivity index (χ3n) is 9.41. The SMILES string of the molecule is COc1ccc(/C=C2\C[C@@H]3[C@@H]4CC=C5C[C@H](O)CC[C@]5(C)[C@@H]4CC[C@]3(C)[C@H]2O)cc1. The van der Waals surface area contributed by atoms with Crippen molar-refractivity contribution in [3.8, 4) is 5.75 Å². The Morgan fingerprint density at radius 1 is 1.00 bits per heavy atom. The van der Waals surface area contributed by atoms with Crippen LogP contribution < -0.4 is 4.74 Å². The van der Waals surface area contributed by atoms with Gasteiger partial charge in [0.25, 0.3) is 0 Å². The summed E-state index contributed by atoms with van der Waals surface area (Å²) in [7, 11) is 1.69. The van der Waals surface area contributed by atoms with Crippen molar-refractivity contribution in [1.29, 1.82) is 0 Å². The molecule has 0 bridgehead atoms. The van der Waals surface area contributed by atoms with Crippen molar-refractivity contribution >= 4 is 6.08 Å². The van der Waals surface area contributed by atoms with Gasteiger partial charge in [0.15, 0.2) is 0 Å². The molecular weight excluding hydrogens is 372 g/mol. The summed E-state index contributed by atoms with van der Waals surface area (Å²) in [5.74, 6) is 2.74. The minimum Gasteiger partial charge on any atom is -0.497 e. The van der Waals surface area contributed by atoms with E-state index in [1.807, 2.05) is 12.1 Å². The Balaban J connectivity index is 1.44. The van der Waals surface area contributed by atoms with Gasteiger partial charge in [-0.05, 0) is 91.4 Å². The third kappa shape index (κ3) is 3.00. The predicted molar refractivity (Wildman–Crippen MR) is 120 cm³/mol. The average Bonchev–Trinajstić information content (AvgIpc) is 3.00. The molecule has 0 amide bonds. The Morgan fingerprint density at radius 3 is 2.50 bits per heavy atom. The summed E-state index contributed by atoms with van der Waals surface area (Å²) in [4.78, 5) is 0. The summed E-state index contributed by atoms with van der Waals surface area (Å²) in [6.45, 7) is 4.79. The Bertz CT molecular complexity index is 869. The number of hydrogen-bond acceptors (Lipinski definition) is 3. The molecule has 1 aromatic carbocycles. The van der Waals surface area contributed by atoms with Gasteiger partial charge >= 0.3 is 0 Å². The average molecular weight is 409 g/mol. The molecule has 5 rings (SSSR count). The van der Waals surface area contributed by atoms with Gasteiger partial charge in [0.05, 0.1) is 19.3 Å². The molecule has 3 saturated carbocycles. The summed E-state index contributed by atoms with van der Waals surface area (Å²) in [5.41, 5.74) is 4.08. The van der Waals surface area contributed by atoms with Crippen LogP contribution in [0.25, 0.3) is 6.08 Å². The van der Waals surface area contributed by atoms with Gasteiger partial charge in [-0.3, -0.25) is 0 Å². The molecular formula is C27H36O3. The fourth-order valence-electron chi connectivity index (χ4n) is 7.55. The van der Waals surface area contributed by atoms with Crippen LogP contribution in [-0.4, -0.2) is 29.5 Å². The van der Waals surface area contributed by atoms with E-state index in [0.717, 1.165) is 49.8 Å². The van der Waals surface area contributed by atoms with Gasteiger partial charge in [-0.2, -0.15) is 0 Å². The van der Waals surface area contributed by atoms with Crippen molar-refractivity contribution in [2.24, 2.45) is 28.6 Å². The first-order valence-electron chi connectivity index (χ1n) is 11.8. The summed E-state index contributed by atoms with van der Waals surface area (Å²) in [6, 6.07) is 8.14. The summed E-state index contributed by atoms with van der Waals surface area (Å²) in [6.07, 6.45) is 11.5. The second-order valence-electron chi connectivity index (χ2n) is 10.8. The fourth-order valence-corrected chi connectivity index (χ4v) is 7.55. The number of methoxy groups -OCH3 is 1. The maximum absolute atomic E-state index is 11.4. The van der Waals surface area contributed by atoms with Gasteiger partial charge < -0.3 is 14.9 Å². The van der Waals surface area contributed by atoms with Crippen molar-refractivity contribution in [3.05, 3.63) is 47.1 Å². The topological polar surface area (TPSA) is 49.7 Å². The van der Waals surface area contributed by atoms with Crippen molar-refractivity contribution in [3.63, 3.8) is 0 Å². The smallest absolute Gasteiger partial charge is 0.118 e. The van der Waals surface area contributed by atoms with Gasteiger partial charge in [-0.25, -0.2) is 0 Å². The van der Waals surface area contributed by atoms with Crippen molar-refractivity contribution in [2.75, 3.05) is 7.11 Å². The van der Waals surface area contributed by atoms with Crippen LogP contribution in [-0.2, 0) is 0 Å². The first-order valence-corrected chi connectivity index (χ1v) is 11.8. The van der Waals surface area contributed by atoms with Crippen LogP contribution in [0.3, 0.4) is 0 Å². The lowest BCUT2D eigenvalue weighted by atomic mass is 9.48. The van der Waals surface area contributed by atoms with Gasteiger partial charge in [0, 0.05) is 5.41 Å². The van der Waals surface area contributed by atoms with Crippen LogP contribution in [0.4, 0.5) is 0 Å². The summed E-state index contributed by atoms with van der Waals surface area (Å²) < 4.78 is 5.28. The van der Waals surface area contributed by atoms with E-state index in [9.17, 15) is 10.2 Å². The maximum Gasteiger partial charge on any atom is 0.118 e. The third-order valence-corrected chi connectivity index (χ3v) is 9.41. The van der Waals surface area contributed by atoms with Crippen molar-refractivity contribution in [1.82, 2.24) is 0 Å². The first kappa shape index (κ1) is 20.3. The van der Waals surface area contributed by atoms with Gasteiger partial charge in [-0.15, -0.1) is 0 Å². The largest absolute Gasteiger partial charge is 0.497 e. The molecule has 4 aliphatic rings. The zero-order valence-electron chi connectivity index (χ0n) is 18.6. The molecule has 0 heterocycles. The number of fused-ring (bicyclic) bond motifs is 5. The van der Waals surface area contributed by atoms with Crippen LogP contribution >= 0.6 is 0 Å². The molecule has 1 aromatic rings. The second-order valence-corrected chi connectivity index (χ2v) is 10.8. The summed E-state index contributed by atoms with van der Waals surface area (Å²) in [5, 5.41) is 21.6. The molecule has 0 unspecified atom stereocenters. The zero-order chi connectivity index (χ0) is 21.1. The lowest BCUT2D eigenvalue weighted by molar-refractivity contribution is -0.0685. The van der Waals surface area contributed by atoms with Gasteiger partial charge in [-0.1, -0.05) is 43.7 Å². The number of allylic oxidation sites excluding steroid dienone is 1. The standard InChI is InChI=1S/C27H36O3/c1-26-12-10-20(28)16-19(26)6-9-22-23(26)11-13-27(2)24(22)15-18(25(27)29)14-17-4-7-21(30-3)8-5-17/h4-8,14,20,22-25,28-29H,9-13,15-16H2,1-3H3/b18-14+/t20-,22-,23-,24-,25+,26+,27+/m1/s1. The molecule has 0 radical (unpaired) electrons. The van der Waals surface area contributed by atoms with Crippen LogP contribution in [0, 0.1) is 28.6 Å². The molecule has 0 aromatic heterocycles. The van der Waals surface area contributed by atoms with Crippen LogP contribution in [0.2, 0.25) is 0 Å². The number of rotatable bonds is 2. The first-order chi connectivity index (χ1) is 14.3. The Labute approximate surface area is 180 Å². The molecule has 4 aliphatic carbocycles. The highest BCUT2D eigenvalue weighted by Gasteiger charge is 2.59. The second kappa shape index (κ2) is 7.24. The van der Waals surface area contributed by atoms with Crippen LogP contribution in [0.5, 0.6) is 5.75 Å². The van der Waals surface area contributed by atoms with E-state index < -0.39 is 0 Å². The highest BCUT2D eigenvalue weighted by molar-refractivity contribution is 5.56. The lowest BCUT2D eigenvalue weighted by Crippen LogP contribution is -2.51. The van der Waals surface area contributed by atoms with Crippen molar-refractivity contribution in [2.45, 2.75) is 71.0 Å². The molecule has 3 nitrogen and oxygen atoms in total. The molecule has 30 heavy (non-hydrogen) atoms. The molecule has 162 valence electrons. The molecule has 7 atom stereocenters. The van der Waals surface area contributed by atoms with E-state index in [-0.39, 0.29) is 23.0 Å². The van der Waals surface area contributed by atoms with E-state index in [2.05, 4.69) is 38.1 Å². The van der Waals surface area contributed by atoms with E-state index >= 15 is 0 Å². The summed E-state index contributed by atoms with van der Waals surface area (Å²) >= 11 is 0. The number of aliphatic hydroxyl groups excluding tert-OH is 2. The number of benzene rings is 1. The quantitative estimate of drug-likeness (QED) is 0.647. The Kier molecular flexibility index (Phi) is 4.91. The number of hydrogen-bond donors (Lipinski definition) is 2. The van der Waals surface area contributed by atoms with Gasteiger partial charge in [0.1, 0.15) is 5.75 Å². The molecule has 0 spiro atoms. The predicted octanol–water partition coefficient (Wildman–Crippen LogP) is 5.37. The maximum atomic E-state index is 11.4. The zero-order valence-corrected chi connectivity index (χ0v) is 18.6. The van der Waals surface area contributed by atoms with Crippen molar-refractivity contribution < 1.29 is 14.9 Å². The highest BCUT2D eigenvalue weighted by atomic mass is 16.5. The Hall–Kier alpha value is -1.58. The molecule has 3 fully saturated rings. The van der Waals surface area contributed by atoms with E-state index in [1.54, 1.807) is 7.11 Å². The lowest BCUT2D eigenvalue weighted by Gasteiger charge is -2.57. The highest BCUT2D eigenvalue weighted by Crippen LogP contribution is 2.65. The van der Waals surface area contributed by atoms with Crippen LogP contribution in [0.1, 0.15) is 64.4 Å². The van der Waals surface area contributed by atoms with Gasteiger partial charge in [0.2, 0.25) is 0 Å². The number of ether oxygens (including phenoxy) is 1. The fraction of sp³-hybridized carbons (Fsp3) is 0.630. The van der Waals surface area contributed by atoms with E-state index in [1.165, 1.54) is 17.6 Å². The monoisotopic (exact) mass is 408 g/mol. The minimum atomic E-state index is -0.350. The van der Waals surface area contributed by atoms with E-state index in [4.69, 9.17) is 4.74 Å². The minimum absolute atomic E-state index is 0.0185. The van der Waals surface area contributed by atoms with E-state index in [0.29, 0.717) is 17.8 Å². The van der Waals surface area contributed by atoms with Crippen LogP contribution in [0.15, 0.2) is 41.5 Å². The molecule has 2 N–H and O–H groups in total. The Morgan fingerprint density at radius 2 is 1.77 bits per heavy atom. The molecule has 0 aliphatic heterocycles. The molecule has 3 heteroatoms. The number of aliphatic hydroxyl groups is 2.